The van der Waals surface area contributed by atoms with Crippen LogP contribution in [0.2, 0.25) is 5.02 Å². The SMILES string of the molecule is Cc1ccc(OCCNC(=O)C2CCN(Cc3cccc(Cl)c3)CC2)cc1C. The first kappa shape index (κ1) is 20.7. The number of rotatable bonds is 7. The summed E-state index contributed by atoms with van der Waals surface area (Å²) in [5, 5.41) is 3.79. The van der Waals surface area contributed by atoms with Crippen molar-refractivity contribution in [2.45, 2.75) is 33.2 Å². The largest absolute Gasteiger partial charge is 0.492 e. The van der Waals surface area contributed by atoms with Crippen LogP contribution in [0, 0.1) is 19.8 Å². The van der Waals surface area contributed by atoms with E-state index in [1.165, 1.54) is 16.7 Å². The van der Waals surface area contributed by atoms with Gasteiger partial charge in [0, 0.05) is 17.5 Å². The number of hydrogen-bond donors (Lipinski definition) is 1. The molecule has 0 aliphatic carbocycles. The molecule has 1 aliphatic rings. The summed E-state index contributed by atoms with van der Waals surface area (Å²) >= 11 is 6.06. The predicted octanol–water partition coefficient (Wildman–Crippen LogP) is 4.36. The monoisotopic (exact) mass is 400 g/mol. The van der Waals surface area contributed by atoms with Gasteiger partial charge in [0.1, 0.15) is 12.4 Å². The zero-order valence-electron chi connectivity index (χ0n) is 16.7. The van der Waals surface area contributed by atoms with Gasteiger partial charge in [-0.3, -0.25) is 9.69 Å². The second-order valence-electron chi connectivity index (χ2n) is 7.57. The summed E-state index contributed by atoms with van der Waals surface area (Å²) in [5.41, 5.74) is 3.69. The summed E-state index contributed by atoms with van der Waals surface area (Å²) in [6.07, 6.45) is 1.79. The van der Waals surface area contributed by atoms with E-state index in [1.54, 1.807) is 0 Å². The first-order valence-corrected chi connectivity index (χ1v) is 10.3. The minimum atomic E-state index is 0.0947. The van der Waals surface area contributed by atoms with Crippen molar-refractivity contribution in [2.75, 3.05) is 26.2 Å². The molecule has 28 heavy (non-hydrogen) atoms. The van der Waals surface area contributed by atoms with Crippen molar-refractivity contribution in [3.63, 3.8) is 0 Å². The Morgan fingerprint density at radius 3 is 2.64 bits per heavy atom. The fourth-order valence-corrected chi connectivity index (χ4v) is 3.75. The van der Waals surface area contributed by atoms with Gasteiger partial charge in [0.15, 0.2) is 0 Å². The number of benzene rings is 2. The standard InChI is InChI=1S/C23H29ClN2O2/c1-17-6-7-22(14-18(17)2)28-13-10-25-23(27)20-8-11-26(12-9-20)16-19-4-3-5-21(24)15-19/h3-7,14-15,20H,8-13,16H2,1-2H3,(H,25,27). The van der Waals surface area contributed by atoms with E-state index in [2.05, 4.69) is 36.2 Å². The lowest BCUT2D eigenvalue weighted by atomic mass is 9.95. The van der Waals surface area contributed by atoms with E-state index in [9.17, 15) is 4.79 Å². The first-order valence-electron chi connectivity index (χ1n) is 9.96. The van der Waals surface area contributed by atoms with E-state index in [0.717, 1.165) is 43.2 Å². The molecule has 4 nitrogen and oxygen atoms in total. The first-order chi connectivity index (χ1) is 13.5. The van der Waals surface area contributed by atoms with Crippen LogP contribution in [0.15, 0.2) is 42.5 Å². The van der Waals surface area contributed by atoms with E-state index in [-0.39, 0.29) is 11.8 Å². The van der Waals surface area contributed by atoms with E-state index in [0.29, 0.717) is 13.2 Å². The van der Waals surface area contributed by atoms with Crippen LogP contribution in [-0.2, 0) is 11.3 Å². The highest BCUT2D eigenvalue weighted by molar-refractivity contribution is 6.30. The summed E-state index contributed by atoms with van der Waals surface area (Å²) in [4.78, 5) is 14.8. The normalized spacial score (nSPS) is 15.4. The molecule has 0 atom stereocenters. The molecule has 1 fully saturated rings. The van der Waals surface area contributed by atoms with Gasteiger partial charge in [-0.1, -0.05) is 29.8 Å². The van der Waals surface area contributed by atoms with E-state index < -0.39 is 0 Å². The Kier molecular flexibility index (Phi) is 7.35. The maximum Gasteiger partial charge on any atom is 0.223 e. The zero-order chi connectivity index (χ0) is 19.9. The average Bonchev–Trinajstić information content (AvgIpc) is 2.68. The van der Waals surface area contributed by atoms with Crippen molar-refractivity contribution in [1.29, 1.82) is 0 Å². The summed E-state index contributed by atoms with van der Waals surface area (Å²) < 4.78 is 5.74. The molecule has 0 aromatic heterocycles. The van der Waals surface area contributed by atoms with Crippen LogP contribution in [0.1, 0.15) is 29.5 Å². The quantitative estimate of drug-likeness (QED) is 0.702. The molecular weight excluding hydrogens is 372 g/mol. The molecule has 0 unspecified atom stereocenters. The number of amides is 1. The third-order valence-corrected chi connectivity index (χ3v) is 5.64. The minimum Gasteiger partial charge on any atom is -0.492 e. The van der Waals surface area contributed by atoms with Crippen molar-refractivity contribution in [1.82, 2.24) is 10.2 Å². The van der Waals surface area contributed by atoms with Gasteiger partial charge in [0.05, 0.1) is 6.54 Å². The Morgan fingerprint density at radius 2 is 1.93 bits per heavy atom. The Hall–Kier alpha value is -2.04. The number of carbonyl (C=O) groups excluding carboxylic acids is 1. The van der Waals surface area contributed by atoms with Gasteiger partial charge in [-0.25, -0.2) is 0 Å². The molecule has 5 heteroatoms. The summed E-state index contributed by atoms with van der Waals surface area (Å²) in [6.45, 7) is 7.94. The lowest BCUT2D eigenvalue weighted by Crippen LogP contribution is -2.41. The summed E-state index contributed by atoms with van der Waals surface area (Å²) in [6, 6.07) is 14.0. The van der Waals surface area contributed by atoms with Crippen molar-refractivity contribution in [3.05, 3.63) is 64.2 Å². The molecule has 0 saturated carbocycles. The smallest absolute Gasteiger partial charge is 0.223 e. The molecule has 0 bridgehead atoms. The second-order valence-corrected chi connectivity index (χ2v) is 8.00. The molecule has 2 aromatic rings. The highest BCUT2D eigenvalue weighted by Crippen LogP contribution is 2.20. The lowest BCUT2D eigenvalue weighted by molar-refractivity contribution is -0.126. The number of hydrogen-bond acceptors (Lipinski definition) is 3. The van der Waals surface area contributed by atoms with Gasteiger partial charge in [-0.05, 0) is 80.7 Å². The predicted molar refractivity (Wildman–Crippen MR) is 114 cm³/mol. The summed E-state index contributed by atoms with van der Waals surface area (Å²) in [7, 11) is 0. The van der Waals surface area contributed by atoms with Crippen molar-refractivity contribution >= 4 is 17.5 Å². The van der Waals surface area contributed by atoms with Crippen molar-refractivity contribution < 1.29 is 9.53 Å². The van der Waals surface area contributed by atoms with Crippen LogP contribution in [0.4, 0.5) is 0 Å². The molecule has 1 amide bonds. The third-order valence-electron chi connectivity index (χ3n) is 5.40. The fourth-order valence-electron chi connectivity index (χ4n) is 3.54. The van der Waals surface area contributed by atoms with Crippen LogP contribution >= 0.6 is 11.6 Å². The average molecular weight is 401 g/mol. The van der Waals surface area contributed by atoms with Crippen LogP contribution in [-0.4, -0.2) is 37.0 Å². The number of carbonyl (C=O) groups is 1. The van der Waals surface area contributed by atoms with E-state index in [4.69, 9.17) is 16.3 Å². The van der Waals surface area contributed by atoms with Crippen LogP contribution in [0.5, 0.6) is 5.75 Å². The van der Waals surface area contributed by atoms with E-state index >= 15 is 0 Å². The molecular formula is C23H29ClN2O2. The topological polar surface area (TPSA) is 41.6 Å². The van der Waals surface area contributed by atoms with Gasteiger partial charge in [-0.2, -0.15) is 0 Å². The molecule has 2 aromatic carbocycles. The maximum absolute atomic E-state index is 12.4. The fraction of sp³-hybridized carbons (Fsp3) is 0.435. The Bertz CT molecular complexity index is 801. The number of nitrogens with one attached hydrogen (secondary N) is 1. The molecule has 1 aliphatic heterocycles. The highest BCUT2D eigenvalue weighted by atomic mass is 35.5. The maximum atomic E-state index is 12.4. The number of aryl methyl sites for hydroxylation is 2. The molecule has 150 valence electrons. The summed E-state index contributed by atoms with van der Waals surface area (Å²) in [5.74, 6) is 1.09. The second kappa shape index (κ2) is 9.94. The Labute approximate surface area is 172 Å². The van der Waals surface area contributed by atoms with Crippen LogP contribution < -0.4 is 10.1 Å². The van der Waals surface area contributed by atoms with Gasteiger partial charge < -0.3 is 10.1 Å². The number of piperidine rings is 1. The lowest BCUT2D eigenvalue weighted by Gasteiger charge is -2.31. The number of nitrogens with zero attached hydrogens (tertiary/aromatic N) is 1. The Morgan fingerprint density at radius 1 is 1.14 bits per heavy atom. The number of likely N-dealkylation sites (tertiary alicyclic amines) is 1. The molecule has 3 rings (SSSR count). The molecule has 0 spiro atoms. The molecule has 1 saturated heterocycles. The van der Waals surface area contributed by atoms with Crippen LogP contribution in [0.3, 0.4) is 0 Å². The molecule has 1 heterocycles. The van der Waals surface area contributed by atoms with Crippen molar-refractivity contribution in [2.24, 2.45) is 5.92 Å². The number of halogens is 1. The highest BCUT2D eigenvalue weighted by Gasteiger charge is 2.24. The number of ether oxygens (including phenoxy) is 1. The zero-order valence-corrected chi connectivity index (χ0v) is 17.5. The van der Waals surface area contributed by atoms with Crippen LogP contribution in [0.25, 0.3) is 0 Å². The minimum absolute atomic E-state index is 0.0947. The molecule has 1 N–H and O–H groups in total. The van der Waals surface area contributed by atoms with Gasteiger partial charge in [0.2, 0.25) is 5.91 Å². The van der Waals surface area contributed by atoms with Gasteiger partial charge >= 0.3 is 0 Å². The van der Waals surface area contributed by atoms with Gasteiger partial charge in [-0.15, -0.1) is 0 Å². The van der Waals surface area contributed by atoms with Crippen molar-refractivity contribution in [3.8, 4) is 5.75 Å². The van der Waals surface area contributed by atoms with E-state index in [1.807, 2.05) is 30.3 Å². The third kappa shape index (κ3) is 5.98. The van der Waals surface area contributed by atoms with Gasteiger partial charge in [0.25, 0.3) is 0 Å². The molecule has 0 radical (unpaired) electrons. The Balaban J connectivity index is 1.35.